The number of esters is 1. The maximum absolute atomic E-state index is 12.5. The number of unbranched alkanes of at least 4 members (excludes halogenated alkanes) is 22. The van der Waals surface area contributed by atoms with Crippen molar-refractivity contribution in [3.05, 3.63) is 12.2 Å². The van der Waals surface area contributed by atoms with Crippen molar-refractivity contribution < 1.29 is 28.6 Å². The molecule has 0 saturated heterocycles. The second-order valence-electron chi connectivity index (χ2n) is 12.6. The number of aliphatic hydroxyl groups excluding tert-OH is 1. The molecule has 44 heavy (non-hydrogen) atoms. The Morgan fingerprint density at radius 1 is 0.727 bits per heavy atom. The number of aliphatic hydroxyl groups is 1. The van der Waals surface area contributed by atoms with E-state index >= 15 is 0 Å². The van der Waals surface area contributed by atoms with Gasteiger partial charge in [0.25, 0.3) is 0 Å². The van der Waals surface area contributed by atoms with Gasteiger partial charge in [-0.3, -0.25) is 13.9 Å². The molecule has 0 saturated carbocycles. The summed E-state index contributed by atoms with van der Waals surface area (Å²) in [6.07, 6.45) is 32.2. The zero-order valence-electron chi connectivity index (χ0n) is 28.6. The molecule has 0 rings (SSSR count). The van der Waals surface area contributed by atoms with Crippen molar-refractivity contribution in [3.8, 4) is 0 Å². The van der Waals surface area contributed by atoms with E-state index in [-0.39, 0.29) is 12.6 Å². The molecule has 0 aromatic heterocycles. The first kappa shape index (κ1) is 43.2. The van der Waals surface area contributed by atoms with Gasteiger partial charge >= 0.3 is 13.6 Å². The van der Waals surface area contributed by atoms with Gasteiger partial charge in [-0.15, -0.1) is 0 Å². The zero-order chi connectivity index (χ0) is 32.7. The van der Waals surface area contributed by atoms with Crippen LogP contribution in [-0.2, 0) is 18.6 Å². The first-order valence-corrected chi connectivity index (χ1v) is 19.9. The largest absolute Gasteiger partial charge is 0.464 e. The Labute approximate surface area is 271 Å². The van der Waals surface area contributed by atoms with Crippen LogP contribution in [0, 0.1) is 0 Å². The average molecular weight is 647 g/mol. The van der Waals surface area contributed by atoms with Crippen LogP contribution < -0.4 is 11.5 Å². The van der Waals surface area contributed by atoms with Gasteiger partial charge in [-0.2, -0.15) is 0 Å². The molecule has 0 spiro atoms. The van der Waals surface area contributed by atoms with Crippen LogP contribution in [0.5, 0.6) is 0 Å². The summed E-state index contributed by atoms with van der Waals surface area (Å²) in [4.78, 5) is 22.4. The molecule has 0 bridgehead atoms. The van der Waals surface area contributed by atoms with Gasteiger partial charge < -0.3 is 26.2 Å². The summed E-state index contributed by atoms with van der Waals surface area (Å²) in [5.41, 5.74) is 11.6. The van der Waals surface area contributed by atoms with E-state index in [1.54, 1.807) is 6.08 Å². The smallest absolute Gasteiger partial charge is 0.358 e. The predicted octanol–water partition coefficient (Wildman–Crippen LogP) is 9.05. The van der Waals surface area contributed by atoms with E-state index in [4.69, 9.17) is 20.7 Å². The molecule has 0 aliphatic carbocycles. The molecule has 0 aliphatic rings. The molecular weight excluding hydrogens is 575 g/mol. The highest BCUT2D eigenvalue weighted by Crippen LogP contribution is 2.47. The van der Waals surface area contributed by atoms with Gasteiger partial charge in [0.2, 0.25) is 0 Å². The van der Waals surface area contributed by atoms with Crippen LogP contribution in [0.1, 0.15) is 174 Å². The van der Waals surface area contributed by atoms with Crippen molar-refractivity contribution >= 4 is 13.6 Å². The molecule has 0 radical (unpaired) electrons. The van der Waals surface area contributed by atoms with Gasteiger partial charge in [0.15, 0.2) is 5.85 Å². The molecule has 6 N–H and O–H groups in total. The highest BCUT2D eigenvalue weighted by Gasteiger charge is 2.34. The third-order valence-electron chi connectivity index (χ3n) is 8.25. The number of carbonyl (C=O) groups is 1. The fraction of sp³-hybridized carbons (Fsp3) is 0.914. The minimum atomic E-state index is -4.41. The topological polar surface area (TPSA) is 145 Å². The Morgan fingerprint density at radius 3 is 1.57 bits per heavy atom. The molecule has 262 valence electrons. The minimum absolute atomic E-state index is 0.136. The standard InChI is InChI=1S/C35H71N2O6P/c1-3-5-7-9-11-13-15-17-18-20-22-24-26-28-33(43-44(40,41)35(39)30-36)32(37)31-42-34(38)29-27-25-23-21-19-16-14-12-10-8-6-4-2/h26,28,32-33,35,39H,3-25,27,29-31,36-37H2,1-2H3,(H,40,41). The van der Waals surface area contributed by atoms with E-state index in [1.807, 2.05) is 6.08 Å². The summed E-state index contributed by atoms with van der Waals surface area (Å²) < 4.78 is 23.2. The molecule has 0 aliphatic heterocycles. The zero-order valence-corrected chi connectivity index (χ0v) is 29.5. The SMILES string of the molecule is CCCCCCCCCCCCCC=CC(OP(=O)(O)C(O)CN)C(N)COC(=O)CCCCCCCCCCCCCC. The Balaban J connectivity index is 4.29. The number of rotatable bonds is 33. The van der Waals surface area contributed by atoms with Crippen LogP contribution in [0.2, 0.25) is 0 Å². The van der Waals surface area contributed by atoms with E-state index in [1.165, 1.54) is 116 Å². The molecule has 0 heterocycles. The molecule has 0 fully saturated rings. The monoisotopic (exact) mass is 647 g/mol. The van der Waals surface area contributed by atoms with E-state index < -0.39 is 32.1 Å². The summed E-state index contributed by atoms with van der Waals surface area (Å²) >= 11 is 0. The fourth-order valence-electron chi connectivity index (χ4n) is 5.26. The third kappa shape index (κ3) is 26.5. The van der Waals surface area contributed by atoms with Gasteiger partial charge in [-0.05, 0) is 19.3 Å². The van der Waals surface area contributed by atoms with Crippen molar-refractivity contribution in [1.82, 2.24) is 0 Å². The maximum atomic E-state index is 12.5. The number of hydrogen-bond donors (Lipinski definition) is 4. The highest BCUT2D eigenvalue weighted by atomic mass is 31.2. The van der Waals surface area contributed by atoms with E-state index in [0.29, 0.717) is 6.42 Å². The van der Waals surface area contributed by atoms with Crippen LogP contribution in [0.15, 0.2) is 12.2 Å². The molecule has 0 aromatic carbocycles. The normalized spacial score (nSPS) is 15.3. The van der Waals surface area contributed by atoms with E-state index in [9.17, 15) is 19.4 Å². The van der Waals surface area contributed by atoms with Gasteiger partial charge in [0, 0.05) is 13.0 Å². The first-order chi connectivity index (χ1) is 21.3. The molecule has 4 atom stereocenters. The van der Waals surface area contributed by atoms with Crippen LogP contribution in [0.3, 0.4) is 0 Å². The fourth-order valence-corrected chi connectivity index (χ4v) is 6.24. The molecule has 9 heteroatoms. The average Bonchev–Trinajstić information content (AvgIpc) is 3.01. The molecule has 0 amide bonds. The number of allylic oxidation sites excluding steroid dienone is 1. The number of nitrogens with two attached hydrogens (primary N) is 2. The number of hydrogen-bond acceptors (Lipinski definition) is 7. The third-order valence-corrected chi connectivity index (χ3v) is 9.76. The number of carbonyl (C=O) groups excluding carboxylic acids is 1. The lowest BCUT2D eigenvalue weighted by molar-refractivity contribution is -0.144. The summed E-state index contributed by atoms with van der Waals surface area (Å²) in [5, 5.41) is 9.85. The summed E-state index contributed by atoms with van der Waals surface area (Å²) in [6.45, 7) is 3.94. The van der Waals surface area contributed by atoms with Crippen molar-refractivity contribution in [1.29, 1.82) is 0 Å². The van der Waals surface area contributed by atoms with Gasteiger partial charge in [-0.25, -0.2) is 0 Å². The Hall–Kier alpha value is -0.760. The van der Waals surface area contributed by atoms with Crippen molar-refractivity contribution in [2.24, 2.45) is 11.5 Å². The Kier molecular flexibility index (Phi) is 30.3. The van der Waals surface area contributed by atoms with Crippen LogP contribution >= 0.6 is 7.60 Å². The van der Waals surface area contributed by atoms with Gasteiger partial charge in [0.1, 0.15) is 12.7 Å². The summed E-state index contributed by atoms with van der Waals surface area (Å²) in [6, 6.07) is -0.847. The Bertz CT molecular complexity index is 723. The molecule has 4 unspecified atom stereocenters. The van der Waals surface area contributed by atoms with Crippen LogP contribution in [-0.4, -0.2) is 47.1 Å². The quantitative estimate of drug-likeness (QED) is 0.0239. The van der Waals surface area contributed by atoms with Gasteiger partial charge in [-0.1, -0.05) is 161 Å². The predicted molar refractivity (Wildman–Crippen MR) is 185 cm³/mol. The summed E-state index contributed by atoms with van der Waals surface area (Å²) in [5.74, 6) is -2.03. The van der Waals surface area contributed by atoms with Crippen molar-refractivity contribution in [2.75, 3.05) is 13.2 Å². The lowest BCUT2D eigenvalue weighted by Gasteiger charge is -2.25. The van der Waals surface area contributed by atoms with Gasteiger partial charge in [0.05, 0.1) is 6.04 Å². The minimum Gasteiger partial charge on any atom is -0.464 e. The van der Waals surface area contributed by atoms with Crippen LogP contribution in [0.25, 0.3) is 0 Å². The van der Waals surface area contributed by atoms with E-state index in [0.717, 1.165) is 38.5 Å². The van der Waals surface area contributed by atoms with Crippen LogP contribution in [0.4, 0.5) is 0 Å². The molecular formula is C35H71N2O6P. The second-order valence-corrected chi connectivity index (χ2v) is 14.5. The lowest BCUT2D eigenvalue weighted by atomic mass is 10.0. The first-order valence-electron chi connectivity index (χ1n) is 18.2. The summed E-state index contributed by atoms with van der Waals surface area (Å²) in [7, 11) is -4.41. The maximum Gasteiger partial charge on any atom is 0.358 e. The molecule has 8 nitrogen and oxygen atoms in total. The van der Waals surface area contributed by atoms with Crippen molar-refractivity contribution in [3.63, 3.8) is 0 Å². The Morgan fingerprint density at radius 2 is 1.14 bits per heavy atom. The number of ether oxygens (including phenoxy) is 1. The second kappa shape index (κ2) is 30.9. The van der Waals surface area contributed by atoms with Crippen molar-refractivity contribution in [2.45, 2.75) is 192 Å². The lowest BCUT2D eigenvalue weighted by Crippen LogP contribution is -2.40. The highest BCUT2D eigenvalue weighted by molar-refractivity contribution is 7.53. The molecule has 0 aromatic rings. The van der Waals surface area contributed by atoms with E-state index in [2.05, 4.69) is 13.8 Å².